The molecule has 2 heterocycles. The number of carbonyl (C=O) groups excluding carboxylic acids is 1. The Labute approximate surface area is 201 Å². The van der Waals surface area contributed by atoms with Gasteiger partial charge in [0.05, 0.1) is 17.6 Å². The fourth-order valence-corrected chi connectivity index (χ4v) is 4.94. The molecular formula is C29H31N3O2. The van der Waals surface area contributed by atoms with Gasteiger partial charge >= 0.3 is 0 Å². The Kier molecular flexibility index (Phi) is 5.86. The summed E-state index contributed by atoms with van der Waals surface area (Å²) >= 11 is 0. The summed E-state index contributed by atoms with van der Waals surface area (Å²) in [4.78, 5) is 19.9. The Morgan fingerprint density at radius 3 is 2.47 bits per heavy atom. The number of imidazole rings is 1. The molecule has 0 saturated carbocycles. The fraction of sp³-hybridized carbons (Fsp3) is 0.310. The SMILES string of the molecule is Cc1cc(C)cc(OCCn2c(C3CC(=O)N(c4ccc(C)c(C)c4)C3)nc3ccccc32)c1. The molecule has 1 aliphatic heterocycles. The first-order valence-corrected chi connectivity index (χ1v) is 11.9. The monoisotopic (exact) mass is 453 g/mol. The molecule has 1 aromatic heterocycles. The van der Waals surface area contributed by atoms with Gasteiger partial charge in [0.25, 0.3) is 0 Å². The van der Waals surface area contributed by atoms with Gasteiger partial charge in [0.1, 0.15) is 18.2 Å². The molecule has 34 heavy (non-hydrogen) atoms. The van der Waals surface area contributed by atoms with Gasteiger partial charge in [0, 0.05) is 24.6 Å². The van der Waals surface area contributed by atoms with Gasteiger partial charge < -0.3 is 14.2 Å². The van der Waals surface area contributed by atoms with Crippen molar-refractivity contribution in [3.63, 3.8) is 0 Å². The second kappa shape index (κ2) is 8.98. The van der Waals surface area contributed by atoms with Gasteiger partial charge in [-0.2, -0.15) is 0 Å². The molecule has 1 fully saturated rings. The molecule has 5 nitrogen and oxygen atoms in total. The van der Waals surface area contributed by atoms with Crippen LogP contribution < -0.4 is 9.64 Å². The number of rotatable bonds is 6. The Morgan fingerprint density at radius 2 is 1.71 bits per heavy atom. The summed E-state index contributed by atoms with van der Waals surface area (Å²) in [7, 11) is 0. The van der Waals surface area contributed by atoms with E-state index in [9.17, 15) is 4.79 Å². The molecule has 1 unspecified atom stereocenters. The highest BCUT2D eigenvalue weighted by molar-refractivity contribution is 5.96. The largest absolute Gasteiger partial charge is 0.492 e. The van der Waals surface area contributed by atoms with Crippen molar-refractivity contribution in [2.45, 2.75) is 46.6 Å². The summed E-state index contributed by atoms with van der Waals surface area (Å²) in [5.41, 5.74) is 7.83. The van der Waals surface area contributed by atoms with Crippen molar-refractivity contribution in [3.05, 3.63) is 88.7 Å². The molecule has 4 aromatic rings. The minimum atomic E-state index is 0.0442. The predicted octanol–water partition coefficient (Wildman–Crippen LogP) is 5.87. The maximum Gasteiger partial charge on any atom is 0.227 e. The number of fused-ring (bicyclic) bond motifs is 1. The van der Waals surface area contributed by atoms with Crippen LogP contribution in [0.3, 0.4) is 0 Å². The lowest BCUT2D eigenvalue weighted by atomic mass is 10.1. The number of carbonyl (C=O) groups is 1. The standard InChI is InChI=1S/C29H31N3O2/c1-19-13-20(2)15-25(14-19)34-12-11-31-27-8-6-5-7-26(27)30-29(31)23-17-28(33)32(18-23)24-10-9-21(3)22(4)16-24/h5-10,13-16,23H,11-12,17-18H2,1-4H3. The normalized spacial score (nSPS) is 15.9. The zero-order valence-electron chi connectivity index (χ0n) is 20.3. The average molecular weight is 454 g/mol. The van der Waals surface area contributed by atoms with Crippen LogP contribution >= 0.6 is 0 Å². The first kappa shape index (κ1) is 22.2. The quantitative estimate of drug-likeness (QED) is 0.367. The van der Waals surface area contributed by atoms with E-state index in [2.05, 4.69) is 68.7 Å². The molecule has 5 rings (SSSR count). The first-order chi connectivity index (χ1) is 16.4. The zero-order chi connectivity index (χ0) is 23.8. The highest BCUT2D eigenvalue weighted by Crippen LogP contribution is 2.34. The lowest BCUT2D eigenvalue weighted by Gasteiger charge is -2.18. The van der Waals surface area contributed by atoms with Gasteiger partial charge in [-0.15, -0.1) is 0 Å². The number of anilines is 1. The van der Waals surface area contributed by atoms with Gasteiger partial charge in [-0.1, -0.05) is 24.3 Å². The number of amides is 1. The number of benzene rings is 3. The van der Waals surface area contributed by atoms with Crippen LogP contribution in [0.15, 0.2) is 60.7 Å². The minimum absolute atomic E-state index is 0.0442. The smallest absolute Gasteiger partial charge is 0.227 e. The number of aromatic nitrogens is 2. The molecule has 0 aliphatic carbocycles. The maximum atomic E-state index is 13.0. The second-order valence-electron chi connectivity index (χ2n) is 9.46. The van der Waals surface area contributed by atoms with Crippen molar-refractivity contribution in [2.24, 2.45) is 0 Å². The van der Waals surface area contributed by atoms with Crippen LogP contribution in [-0.4, -0.2) is 28.6 Å². The summed E-state index contributed by atoms with van der Waals surface area (Å²) < 4.78 is 8.35. The van der Waals surface area contributed by atoms with Gasteiger partial charge in [-0.3, -0.25) is 4.79 Å². The van der Waals surface area contributed by atoms with Crippen molar-refractivity contribution in [2.75, 3.05) is 18.1 Å². The fourth-order valence-electron chi connectivity index (χ4n) is 4.94. The van der Waals surface area contributed by atoms with Gasteiger partial charge in [0.2, 0.25) is 5.91 Å². The van der Waals surface area contributed by atoms with Crippen molar-refractivity contribution >= 4 is 22.6 Å². The molecule has 1 aliphatic rings. The Balaban J connectivity index is 1.40. The second-order valence-corrected chi connectivity index (χ2v) is 9.46. The van der Waals surface area contributed by atoms with Crippen LogP contribution in [0, 0.1) is 27.7 Å². The lowest BCUT2D eigenvalue weighted by Crippen LogP contribution is -2.24. The van der Waals surface area contributed by atoms with E-state index in [1.807, 2.05) is 29.2 Å². The predicted molar refractivity (Wildman–Crippen MR) is 137 cm³/mol. The van der Waals surface area contributed by atoms with E-state index in [0.717, 1.165) is 28.3 Å². The molecule has 1 atom stereocenters. The molecular weight excluding hydrogens is 422 g/mol. The molecule has 174 valence electrons. The highest BCUT2D eigenvalue weighted by atomic mass is 16.5. The van der Waals surface area contributed by atoms with Crippen LogP contribution in [0.1, 0.15) is 40.4 Å². The Bertz CT molecular complexity index is 1350. The van der Waals surface area contributed by atoms with Crippen LogP contribution in [0.5, 0.6) is 5.75 Å². The first-order valence-electron chi connectivity index (χ1n) is 11.9. The van der Waals surface area contributed by atoms with E-state index in [1.54, 1.807) is 0 Å². The summed E-state index contributed by atoms with van der Waals surface area (Å²) in [5, 5.41) is 0. The van der Waals surface area contributed by atoms with E-state index in [0.29, 0.717) is 26.1 Å². The van der Waals surface area contributed by atoms with E-state index < -0.39 is 0 Å². The number of aryl methyl sites for hydroxylation is 4. The molecule has 0 radical (unpaired) electrons. The number of hydrogen-bond acceptors (Lipinski definition) is 3. The third-order valence-electron chi connectivity index (χ3n) is 6.76. The van der Waals surface area contributed by atoms with E-state index in [-0.39, 0.29) is 11.8 Å². The highest BCUT2D eigenvalue weighted by Gasteiger charge is 2.35. The third kappa shape index (κ3) is 4.30. The number of ether oxygens (including phenoxy) is 1. The molecule has 0 spiro atoms. The number of hydrogen-bond donors (Lipinski definition) is 0. The molecule has 5 heteroatoms. The molecule has 1 saturated heterocycles. The molecule has 1 amide bonds. The van der Waals surface area contributed by atoms with Crippen molar-refractivity contribution in [3.8, 4) is 5.75 Å². The van der Waals surface area contributed by atoms with E-state index >= 15 is 0 Å². The Hall–Kier alpha value is -3.60. The maximum absolute atomic E-state index is 13.0. The minimum Gasteiger partial charge on any atom is -0.492 e. The molecule has 0 N–H and O–H groups in total. The van der Waals surface area contributed by atoms with Crippen molar-refractivity contribution in [1.29, 1.82) is 0 Å². The number of nitrogens with zero attached hydrogens (tertiary/aromatic N) is 3. The third-order valence-corrected chi connectivity index (χ3v) is 6.76. The number of para-hydroxylation sites is 2. The van der Waals surface area contributed by atoms with Crippen LogP contribution in [-0.2, 0) is 11.3 Å². The summed E-state index contributed by atoms with van der Waals surface area (Å²) in [5.74, 6) is 2.05. The zero-order valence-corrected chi connectivity index (χ0v) is 20.3. The Morgan fingerprint density at radius 1 is 0.941 bits per heavy atom. The van der Waals surface area contributed by atoms with Crippen molar-refractivity contribution < 1.29 is 9.53 Å². The summed E-state index contributed by atoms with van der Waals surface area (Å²) in [6.45, 7) is 10.2. The molecule has 3 aromatic carbocycles. The van der Waals surface area contributed by atoms with Crippen LogP contribution in [0.4, 0.5) is 5.69 Å². The average Bonchev–Trinajstić information content (AvgIpc) is 3.36. The summed E-state index contributed by atoms with van der Waals surface area (Å²) in [6.07, 6.45) is 0.466. The van der Waals surface area contributed by atoms with Gasteiger partial charge in [-0.25, -0.2) is 4.98 Å². The van der Waals surface area contributed by atoms with E-state index in [4.69, 9.17) is 9.72 Å². The topological polar surface area (TPSA) is 47.4 Å². The van der Waals surface area contributed by atoms with Gasteiger partial charge in [-0.05, 0) is 86.3 Å². The lowest BCUT2D eigenvalue weighted by molar-refractivity contribution is -0.117. The van der Waals surface area contributed by atoms with Gasteiger partial charge in [0.15, 0.2) is 0 Å². The van der Waals surface area contributed by atoms with Crippen molar-refractivity contribution in [1.82, 2.24) is 9.55 Å². The molecule has 0 bridgehead atoms. The van der Waals surface area contributed by atoms with Crippen LogP contribution in [0.2, 0.25) is 0 Å². The van der Waals surface area contributed by atoms with E-state index in [1.165, 1.54) is 22.3 Å². The van der Waals surface area contributed by atoms with Crippen LogP contribution in [0.25, 0.3) is 11.0 Å². The summed E-state index contributed by atoms with van der Waals surface area (Å²) in [6, 6.07) is 20.7.